The summed E-state index contributed by atoms with van der Waals surface area (Å²) in [5.41, 5.74) is 0.845. The van der Waals surface area contributed by atoms with E-state index in [1.54, 1.807) is 13.0 Å². The van der Waals surface area contributed by atoms with Gasteiger partial charge in [0.05, 0.1) is 16.3 Å². The Bertz CT molecular complexity index is 668. The first-order chi connectivity index (χ1) is 9.38. The van der Waals surface area contributed by atoms with Crippen molar-refractivity contribution in [3.05, 3.63) is 62.6 Å². The minimum atomic E-state index is -0.652. The minimum absolute atomic E-state index is 0.0262. The molecule has 0 aliphatic rings. The predicted molar refractivity (Wildman–Crippen MR) is 78.2 cm³/mol. The molecule has 0 fully saturated rings. The van der Waals surface area contributed by atoms with E-state index in [9.17, 15) is 13.6 Å². The number of anilines is 1. The highest BCUT2D eigenvalue weighted by Crippen LogP contribution is 2.32. The van der Waals surface area contributed by atoms with Crippen LogP contribution in [0.4, 0.5) is 14.5 Å². The number of hydrogen-bond donors (Lipinski definition) is 1. The zero-order valence-corrected chi connectivity index (χ0v) is 12.6. The van der Waals surface area contributed by atoms with Gasteiger partial charge in [0, 0.05) is 4.47 Å². The van der Waals surface area contributed by atoms with Crippen LogP contribution in [0.2, 0.25) is 5.02 Å². The number of carbonyl (C=O) groups excluding carboxylic acids is 1. The molecule has 2 nitrogen and oxygen atoms in total. The zero-order valence-electron chi connectivity index (χ0n) is 10.3. The molecule has 1 amide bonds. The predicted octanol–water partition coefficient (Wildman–Crippen LogP) is 4.94. The number of hydrogen-bond acceptors (Lipinski definition) is 1. The maximum Gasteiger partial charge on any atom is 0.258 e. The van der Waals surface area contributed by atoms with Crippen molar-refractivity contribution in [3.8, 4) is 0 Å². The molecule has 2 aromatic rings. The van der Waals surface area contributed by atoms with Gasteiger partial charge in [-0.05, 0) is 47.1 Å². The molecule has 0 atom stereocenters. The molecule has 2 aromatic carbocycles. The van der Waals surface area contributed by atoms with Crippen LogP contribution in [-0.2, 0) is 0 Å². The number of halogens is 4. The summed E-state index contributed by atoms with van der Waals surface area (Å²) in [5, 5.41) is 2.49. The highest BCUT2D eigenvalue weighted by molar-refractivity contribution is 9.10. The average Bonchev–Trinajstić information content (AvgIpc) is 2.36. The third-order valence-corrected chi connectivity index (χ3v) is 3.54. The second-order valence-electron chi connectivity index (χ2n) is 4.18. The van der Waals surface area contributed by atoms with Gasteiger partial charge >= 0.3 is 0 Å². The summed E-state index contributed by atoms with van der Waals surface area (Å²) >= 11 is 8.96. The molecule has 0 bridgehead atoms. The molecule has 2 rings (SSSR count). The van der Waals surface area contributed by atoms with Crippen LogP contribution in [0.25, 0.3) is 0 Å². The Morgan fingerprint density at radius 2 is 1.95 bits per heavy atom. The van der Waals surface area contributed by atoms with Gasteiger partial charge in [0.2, 0.25) is 0 Å². The lowest BCUT2D eigenvalue weighted by molar-refractivity contribution is 0.102. The topological polar surface area (TPSA) is 29.1 Å². The van der Waals surface area contributed by atoms with Crippen molar-refractivity contribution in [2.75, 3.05) is 5.32 Å². The molecule has 1 N–H and O–H groups in total. The molecule has 0 saturated heterocycles. The highest BCUT2D eigenvalue weighted by atomic mass is 79.9. The van der Waals surface area contributed by atoms with E-state index >= 15 is 0 Å². The lowest BCUT2D eigenvalue weighted by Crippen LogP contribution is -2.14. The zero-order chi connectivity index (χ0) is 14.9. The van der Waals surface area contributed by atoms with Gasteiger partial charge < -0.3 is 5.32 Å². The van der Waals surface area contributed by atoms with Crippen LogP contribution >= 0.6 is 27.5 Å². The fourth-order valence-corrected chi connectivity index (χ4v) is 2.55. The third-order valence-electron chi connectivity index (χ3n) is 2.61. The SMILES string of the molecule is Cc1ccc(F)c(C(=O)Nc2c(Cl)cc(F)cc2Br)c1. The third kappa shape index (κ3) is 3.16. The first-order valence-electron chi connectivity index (χ1n) is 5.60. The standard InChI is InChI=1S/C14H9BrClF2NO/c1-7-2-3-12(18)9(4-7)14(20)19-13-10(15)5-8(17)6-11(13)16/h2-6H,1H3,(H,19,20). The van der Waals surface area contributed by atoms with Crippen molar-refractivity contribution in [1.82, 2.24) is 0 Å². The Hall–Kier alpha value is -1.46. The second-order valence-corrected chi connectivity index (χ2v) is 5.44. The Balaban J connectivity index is 2.35. The van der Waals surface area contributed by atoms with Gasteiger partial charge in [0.1, 0.15) is 11.6 Å². The summed E-state index contributed by atoms with van der Waals surface area (Å²) < 4.78 is 27.0. The highest BCUT2D eigenvalue weighted by Gasteiger charge is 2.16. The Labute approximate surface area is 127 Å². The van der Waals surface area contributed by atoms with Crippen molar-refractivity contribution in [1.29, 1.82) is 0 Å². The smallest absolute Gasteiger partial charge is 0.258 e. The van der Waals surface area contributed by atoms with E-state index < -0.39 is 17.5 Å². The summed E-state index contributed by atoms with van der Waals surface area (Å²) in [4.78, 5) is 12.1. The summed E-state index contributed by atoms with van der Waals surface area (Å²) in [6.45, 7) is 1.75. The molecular formula is C14H9BrClF2NO. The lowest BCUT2D eigenvalue weighted by atomic mass is 10.1. The summed E-state index contributed by atoms with van der Waals surface area (Å²) in [7, 11) is 0. The minimum Gasteiger partial charge on any atom is -0.320 e. The van der Waals surface area contributed by atoms with Crippen LogP contribution in [0.15, 0.2) is 34.8 Å². The summed E-state index contributed by atoms with van der Waals surface area (Å²) in [5.74, 6) is -1.83. The van der Waals surface area contributed by atoms with E-state index in [1.807, 2.05) is 0 Å². The first kappa shape index (κ1) is 14.9. The van der Waals surface area contributed by atoms with Crippen molar-refractivity contribution in [3.63, 3.8) is 0 Å². The van der Waals surface area contributed by atoms with Crippen LogP contribution in [-0.4, -0.2) is 5.91 Å². The van der Waals surface area contributed by atoms with E-state index in [0.29, 0.717) is 0 Å². The van der Waals surface area contributed by atoms with E-state index in [4.69, 9.17) is 11.6 Å². The molecule has 0 spiro atoms. The van der Waals surface area contributed by atoms with Gasteiger partial charge in [0.15, 0.2) is 0 Å². The molecule has 0 aromatic heterocycles. The number of amides is 1. The van der Waals surface area contributed by atoms with Gasteiger partial charge in [-0.2, -0.15) is 0 Å². The monoisotopic (exact) mass is 359 g/mol. The van der Waals surface area contributed by atoms with Crippen molar-refractivity contribution < 1.29 is 13.6 Å². The molecule has 0 heterocycles. The number of aryl methyl sites for hydroxylation is 1. The number of carbonyl (C=O) groups is 1. The van der Waals surface area contributed by atoms with Crippen molar-refractivity contribution >= 4 is 39.1 Å². The molecule has 0 aliphatic carbocycles. The van der Waals surface area contributed by atoms with Crippen LogP contribution < -0.4 is 5.32 Å². The number of rotatable bonds is 2. The normalized spacial score (nSPS) is 10.4. The largest absolute Gasteiger partial charge is 0.320 e. The molecule has 0 aliphatic heterocycles. The Morgan fingerprint density at radius 1 is 1.25 bits per heavy atom. The van der Waals surface area contributed by atoms with E-state index in [2.05, 4.69) is 21.2 Å². The Morgan fingerprint density at radius 3 is 2.60 bits per heavy atom. The molecule has 0 radical (unpaired) electrons. The van der Waals surface area contributed by atoms with Crippen LogP contribution in [0.1, 0.15) is 15.9 Å². The van der Waals surface area contributed by atoms with E-state index in [0.717, 1.165) is 17.7 Å². The Kier molecular flexibility index (Phi) is 4.40. The summed E-state index contributed by atoms with van der Waals surface area (Å²) in [6, 6.07) is 6.43. The molecular weight excluding hydrogens is 352 g/mol. The molecule has 0 saturated carbocycles. The van der Waals surface area contributed by atoms with Crippen molar-refractivity contribution in [2.45, 2.75) is 6.92 Å². The van der Waals surface area contributed by atoms with E-state index in [1.165, 1.54) is 12.1 Å². The van der Waals surface area contributed by atoms with Gasteiger partial charge in [-0.3, -0.25) is 4.79 Å². The van der Waals surface area contributed by atoms with Gasteiger partial charge in [-0.1, -0.05) is 23.2 Å². The maximum absolute atomic E-state index is 13.6. The molecule has 20 heavy (non-hydrogen) atoms. The quantitative estimate of drug-likeness (QED) is 0.807. The van der Waals surface area contributed by atoms with Crippen LogP contribution in [0, 0.1) is 18.6 Å². The molecule has 0 unspecified atom stereocenters. The molecule has 104 valence electrons. The second kappa shape index (κ2) is 5.89. The van der Waals surface area contributed by atoms with Gasteiger partial charge in [0.25, 0.3) is 5.91 Å². The maximum atomic E-state index is 13.6. The first-order valence-corrected chi connectivity index (χ1v) is 6.77. The van der Waals surface area contributed by atoms with Crippen LogP contribution in [0.5, 0.6) is 0 Å². The van der Waals surface area contributed by atoms with Gasteiger partial charge in [-0.15, -0.1) is 0 Å². The number of nitrogens with one attached hydrogen (secondary N) is 1. The fraction of sp³-hybridized carbons (Fsp3) is 0.0714. The number of benzene rings is 2. The van der Waals surface area contributed by atoms with Gasteiger partial charge in [-0.25, -0.2) is 8.78 Å². The lowest BCUT2D eigenvalue weighted by Gasteiger charge is -2.10. The average molecular weight is 361 g/mol. The van der Waals surface area contributed by atoms with E-state index in [-0.39, 0.29) is 20.7 Å². The fourth-order valence-electron chi connectivity index (χ4n) is 1.66. The van der Waals surface area contributed by atoms with Crippen molar-refractivity contribution in [2.24, 2.45) is 0 Å². The summed E-state index contributed by atoms with van der Waals surface area (Å²) in [6.07, 6.45) is 0. The van der Waals surface area contributed by atoms with Crippen LogP contribution in [0.3, 0.4) is 0 Å². The molecule has 6 heteroatoms.